The van der Waals surface area contributed by atoms with Crippen molar-refractivity contribution in [2.45, 2.75) is 32.1 Å². The molecule has 0 spiro atoms. The van der Waals surface area contributed by atoms with E-state index in [9.17, 15) is 9.59 Å². The lowest BCUT2D eigenvalue weighted by Crippen LogP contribution is -2.36. The third kappa shape index (κ3) is 4.29. The Morgan fingerprint density at radius 1 is 1.10 bits per heavy atom. The van der Waals surface area contributed by atoms with Gasteiger partial charge in [-0.2, -0.15) is 5.10 Å². The number of piperidine rings is 1. The highest BCUT2D eigenvalue weighted by Gasteiger charge is 2.30. The molecule has 1 N–H and O–H groups in total. The van der Waals surface area contributed by atoms with E-state index in [1.807, 2.05) is 23.1 Å². The highest BCUT2D eigenvalue weighted by Crippen LogP contribution is 2.32. The fourth-order valence-corrected chi connectivity index (χ4v) is 4.26. The van der Waals surface area contributed by atoms with Gasteiger partial charge in [-0.1, -0.05) is 12.1 Å². The van der Waals surface area contributed by atoms with Crippen molar-refractivity contribution < 1.29 is 9.59 Å². The standard InChI is InChI=1S/C22H27N5O2/c1-16(28)26-13-9-18(10-14-26)17-4-6-20(7-5-17)27(21-3-2-11-24-25-21)22(29)19-8-12-23-15-19/h2-7,11,18-19,23H,8-10,12-15H2,1H3/t19-/m0/s1. The summed E-state index contributed by atoms with van der Waals surface area (Å²) in [6.45, 7) is 4.80. The van der Waals surface area contributed by atoms with Gasteiger partial charge in [0.05, 0.1) is 11.6 Å². The number of amides is 2. The molecule has 29 heavy (non-hydrogen) atoms. The number of rotatable bonds is 4. The van der Waals surface area contributed by atoms with Gasteiger partial charge < -0.3 is 10.2 Å². The van der Waals surface area contributed by atoms with Crippen LogP contribution in [0.4, 0.5) is 11.5 Å². The van der Waals surface area contributed by atoms with E-state index in [-0.39, 0.29) is 17.7 Å². The van der Waals surface area contributed by atoms with Crippen LogP contribution in [0.25, 0.3) is 0 Å². The van der Waals surface area contributed by atoms with Crippen LogP contribution in [0.15, 0.2) is 42.6 Å². The van der Waals surface area contributed by atoms with Gasteiger partial charge in [-0.3, -0.25) is 14.5 Å². The largest absolute Gasteiger partial charge is 0.343 e. The van der Waals surface area contributed by atoms with Crippen LogP contribution in [0, 0.1) is 5.92 Å². The van der Waals surface area contributed by atoms with Crippen molar-refractivity contribution in [2.75, 3.05) is 31.1 Å². The van der Waals surface area contributed by atoms with Gasteiger partial charge in [0.2, 0.25) is 11.8 Å². The van der Waals surface area contributed by atoms with E-state index < -0.39 is 0 Å². The number of nitrogens with one attached hydrogen (secondary N) is 1. The Hall–Kier alpha value is -2.80. The number of benzene rings is 1. The number of nitrogens with zero attached hydrogens (tertiary/aromatic N) is 4. The summed E-state index contributed by atoms with van der Waals surface area (Å²) in [7, 11) is 0. The molecule has 7 heteroatoms. The molecule has 2 saturated heterocycles. The monoisotopic (exact) mass is 393 g/mol. The fraction of sp³-hybridized carbons (Fsp3) is 0.455. The van der Waals surface area contributed by atoms with Gasteiger partial charge in [0, 0.05) is 32.8 Å². The predicted octanol–water partition coefficient (Wildman–Crippen LogP) is 2.48. The van der Waals surface area contributed by atoms with Crippen LogP contribution < -0.4 is 10.2 Å². The first kappa shape index (κ1) is 19.5. The van der Waals surface area contributed by atoms with Gasteiger partial charge in [0.1, 0.15) is 0 Å². The second kappa shape index (κ2) is 8.69. The molecule has 152 valence electrons. The Bertz CT molecular complexity index is 841. The maximum absolute atomic E-state index is 13.2. The van der Waals surface area contributed by atoms with Gasteiger partial charge in [-0.15, -0.1) is 5.10 Å². The van der Waals surface area contributed by atoms with Crippen molar-refractivity contribution in [1.29, 1.82) is 0 Å². The third-order valence-electron chi connectivity index (χ3n) is 5.98. The first-order valence-electron chi connectivity index (χ1n) is 10.3. The smallest absolute Gasteiger partial charge is 0.237 e. The lowest BCUT2D eigenvalue weighted by atomic mass is 9.89. The Morgan fingerprint density at radius 2 is 1.86 bits per heavy atom. The zero-order chi connectivity index (χ0) is 20.2. The second-order valence-corrected chi connectivity index (χ2v) is 7.82. The SMILES string of the molecule is CC(=O)N1CCC(c2ccc(N(C(=O)[C@H]3CCNC3)c3cccnn3)cc2)CC1. The number of anilines is 2. The van der Waals surface area contributed by atoms with E-state index in [4.69, 9.17) is 0 Å². The summed E-state index contributed by atoms with van der Waals surface area (Å²) in [4.78, 5) is 28.4. The summed E-state index contributed by atoms with van der Waals surface area (Å²) in [5, 5.41) is 11.4. The minimum Gasteiger partial charge on any atom is -0.343 e. The van der Waals surface area contributed by atoms with Crippen LogP contribution >= 0.6 is 0 Å². The van der Waals surface area contributed by atoms with Gasteiger partial charge in [-0.25, -0.2) is 0 Å². The highest BCUT2D eigenvalue weighted by molar-refractivity contribution is 6.01. The Morgan fingerprint density at radius 3 is 2.45 bits per heavy atom. The summed E-state index contributed by atoms with van der Waals surface area (Å²) in [5.41, 5.74) is 2.07. The third-order valence-corrected chi connectivity index (χ3v) is 5.98. The maximum atomic E-state index is 13.2. The number of hydrogen-bond donors (Lipinski definition) is 1. The first-order valence-corrected chi connectivity index (χ1v) is 10.3. The van der Waals surface area contributed by atoms with Crippen molar-refractivity contribution in [3.8, 4) is 0 Å². The molecule has 1 aromatic carbocycles. The van der Waals surface area contributed by atoms with Crippen molar-refractivity contribution in [2.24, 2.45) is 5.92 Å². The molecule has 0 saturated carbocycles. The number of carbonyl (C=O) groups excluding carboxylic acids is 2. The molecular formula is C22H27N5O2. The van der Waals surface area contributed by atoms with Crippen molar-refractivity contribution in [3.63, 3.8) is 0 Å². The molecule has 7 nitrogen and oxygen atoms in total. The Kier molecular flexibility index (Phi) is 5.85. The summed E-state index contributed by atoms with van der Waals surface area (Å²) in [5.74, 6) is 1.15. The molecule has 0 radical (unpaired) electrons. The molecule has 2 fully saturated rings. The molecule has 3 heterocycles. The molecule has 2 amide bonds. The van der Waals surface area contributed by atoms with Crippen LogP contribution in [0.5, 0.6) is 0 Å². The number of carbonyl (C=O) groups is 2. The minimum absolute atomic E-state index is 0.0485. The first-order chi connectivity index (χ1) is 14.1. The van der Waals surface area contributed by atoms with E-state index >= 15 is 0 Å². The van der Waals surface area contributed by atoms with Crippen molar-refractivity contribution in [1.82, 2.24) is 20.4 Å². The fourth-order valence-electron chi connectivity index (χ4n) is 4.26. The molecular weight excluding hydrogens is 366 g/mol. The quantitative estimate of drug-likeness (QED) is 0.863. The van der Waals surface area contributed by atoms with E-state index in [2.05, 4.69) is 27.6 Å². The van der Waals surface area contributed by atoms with Crippen LogP contribution in [-0.2, 0) is 9.59 Å². The molecule has 2 aliphatic heterocycles. The number of likely N-dealkylation sites (tertiary alicyclic amines) is 1. The van der Waals surface area contributed by atoms with Crippen molar-refractivity contribution >= 4 is 23.3 Å². The second-order valence-electron chi connectivity index (χ2n) is 7.82. The highest BCUT2D eigenvalue weighted by atomic mass is 16.2. The summed E-state index contributed by atoms with van der Waals surface area (Å²) in [6.07, 6.45) is 4.39. The van der Waals surface area contributed by atoms with E-state index in [0.717, 1.165) is 44.6 Å². The summed E-state index contributed by atoms with van der Waals surface area (Å²) >= 11 is 0. The van der Waals surface area contributed by atoms with Crippen LogP contribution in [0.1, 0.15) is 37.7 Å². The average molecular weight is 393 g/mol. The Labute approximate surface area is 171 Å². The van der Waals surface area contributed by atoms with Gasteiger partial charge in [-0.05, 0) is 61.6 Å². The van der Waals surface area contributed by atoms with E-state index in [1.165, 1.54) is 5.56 Å². The molecule has 0 unspecified atom stereocenters. The number of aromatic nitrogens is 2. The minimum atomic E-state index is -0.0485. The van der Waals surface area contributed by atoms with Crippen molar-refractivity contribution in [3.05, 3.63) is 48.2 Å². The topological polar surface area (TPSA) is 78.4 Å². The summed E-state index contributed by atoms with van der Waals surface area (Å²) < 4.78 is 0. The van der Waals surface area contributed by atoms with Gasteiger partial charge in [0.25, 0.3) is 0 Å². The van der Waals surface area contributed by atoms with Crippen LogP contribution in [0.2, 0.25) is 0 Å². The molecule has 2 aromatic rings. The molecule has 4 rings (SSSR count). The van der Waals surface area contributed by atoms with Crippen LogP contribution in [0.3, 0.4) is 0 Å². The normalized spacial score (nSPS) is 19.9. The molecule has 0 aliphatic carbocycles. The Balaban J connectivity index is 1.54. The van der Waals surface area contributed by atoms with Gasteiger partial charge in [0.15, 0.2) is 5.82 Å². The van der Waals surface area contributed by atoms with Gasteiger partial charge >= 0.3 is 0 Å². The molecule has 2 aliphatic rings. The lowest BCUT2D eigenvalue weighted by Gasteiger charge is -2.31. The van der Waals surface area contributed by atoms with Crippen LogP contribution in [-0.4, -0.2) is 53.1 Å². The molecule has 0 bridgehead atoms. The maximum Gasteiger partial charge on any atom is 0.237 e. The number of hydrogen-bond acceptors (Lipinski definition) is 5. The molecule has 1 atom stereocenters. The average Bonchev–Trinajstić information content (AvgIpc) is 3.30. The van der Waals surface area contributed by atoms with E-state index in [0.29, 0.717) is 18.3 Å². The zero-order valence-corrected chi connectivity index (χ0v) is 16.8. The predicted molar refractivity (Wildman–Crippen MR) is 111 cm³/mol. The summed E-state index contributed by atoms with van der Waals surface area (Å²) in [6, 6.07) is 11.8. The molecule has 1 aromatic heterocycles. The lowest BCUT2D eigenvalue weighted by molar-refractivity contribution is -0.129. The van der Waals surface area contributed by atoms with E-state index in [1.54, 1.807) is 24.1 Å². The zero-order valence-electron chi connectivity index (χ0n) is 16.8.